The van der Waals surface area contributed by atoms with Gasteiger partial charge in [-0.05, 0) is 28.4 Å². The van der Waals surface area contributed by atoms with Crippen molar-refractivity contribution in [2.45, 2.75) is 12.5 Å². The van der Waals surface area contributed by atoms with E-state index in [4.69, 9.17) is 4.74 Å². The monoisotopic (exact) mass is 390 g/mol. The second kappa shape index (κ2) is 6.74. The van der Waals surface area contributed by atoms with Gasteiger partial charge in [0.1, 0.15) is 0 Å². The van der Waals surface area contributed by atoms with Gasteiger partial charge in [0.25, 0.3) is 5.91 Å². The summed E-state index contributed by atoms with van der Waals surface area (Å²) >= 11 is 3.19. The van der Waals surface area contributed by atoms with Crippen LogP contribution >= 0.6 is 15.9 Å². The van der Waals surface area contributed by atoms with Crippen LogP contribution in [0.15, 0.2) is 22.9 Å². The third kappa shape index (κ3) is 4.26. The second-order valence-corrected chi connectivity index (χ2v) is 8.17. The number of rotatable bonds is 4. The average Bonchev–Trinajstić information content (AvgIpc) is 2.83. The summed E-state index contributed by atoms with van der Waals surface area (Å²) in [5.41, 5.74) is 0.230. The summed E-state index contributed by atoms with van der Waals surface area (Å²) in [4.78, 5) is 28.9. The summed E-state index contributed by atoms with van der Waals surface area (Å²) in [6.07, 6.45) is 3.27. The first-order chi connectivity index (χ1) is 10.3. The van der Waals surface area contributed by atoms with Crippen LogP contribution in [0.4, 0.5) is 0 Å². The Morgan fingerprint density at radius 3 is 2.77 bits per heavy atom. The Bertz CT molecular complexity index is 691. The zero-order valence-electron chi connectivity index (χ0n) is 11.9. The first kappa shape index (κ1) is 16.9. The molecule has 1 aliphatic rings. The summed E-state index contributed by atoms with van der Waals surface area (Å²) in [5.74, 6) is -1.05. The Morgan fingerprint density at radius 2 is 2.18 bits per heavy atom. The molecule has 0 N–H and O–H groups in total. The van der Waals surface area contributed by atoms with Gasteiger partial charge in [0, 0.05) is 30.0 Å². The fraction of sp³-hybridized carbons (Fsp3) is 0.462. The maximum atomic E-state index is 12.0. The lowest BCUT2D eigenvalue weighted by molar-refractivity contribution is -0.134. The predicted octanol–water partition coefficient (Wildman–Crippen LogP) is 0.646. The van der Waals surface area contributed by atoms with Crippen molar-refractivity contribution >= 4 is 37.6 Å². The number of pyridine rings is 1. The van der Waals surface area contributed by atoms with E-state index in [0.29, 0.717) is 10.9 Å². The van der Waals surface area contributed by atoms with Crippen LogP contribution in [0, 0.1) is 0 Å². The molecule has 22 heavy (non-hydrogen) atoms. The Balaban J connectivity index is 1.88. The van der Waals surface area contributed by atoms with Crippen LogP contribution in [0.1, 0.15) is 16.8 Å². The molecule has 120 valence electrons. The minimum absolute atomic E-state index is 0.0429. The summed E-state index contributed by atoms with van der Waals surface area (Å²) in [7, 11) is -1.55. The number of aromatic nitrogens is 1. The largest absolute Gasteiger partial charge is 0.452 e. The molecule has 1 atom stereocenters. The smallest absolute Gasteiger partial charge is 0.340 e. The summed E-state index contributed by atoms with van der Waals surface area (Å²) in [6, 6.07) is 1.18. The number of sulfone groups is 1. The molecule has 1 amide bonds. The fourth-order valence-electron chi connectivity index (χ4n) is 2.12. The molecule has 0 aliphatic carbocycles. The fourth-order valence-corrected chi connectivity index (χ4v) is 4.26. The molecule has 1 fully saturated rings. The zero-order chi connectivity index (χ0) is 16.3. The van der Waals surface area contributed by atoms with Crippen molar-refractivity contribution in [3.63, 3.8) is 0 Å². The number of likely N-dealkylation sites (N-methyl/N-ethyl adjacent to an activating group) is 1. The third-order valence-corrected chi connectivity index (χ3v) is 5.60. The van der Waals surface area contributed by atoms with E-state index in [9.17, 15) is 18.0 Å². The molecule has 0 bridgehead atoms. The zero-order valence-corrected chi connectivity index (χ0v) is 14.3. The van der Waals surface area contributed by atoms with E-state index >= 15 is 0 Å². The van der Waals surface area contributed by atoms with Crippen molar-refractivity contribution in [2.24, 2.45) is 0 Å². The lowest BCUT2D eigenvalue weighted by Crippen LogP contribution is -2.40. The maximum absolute atomic E-state index is 12.0. The van der Waals surface area contributed by atoms with Gasteiger partial charge in [0.15, 0.2) is 16.4 Å². The van der Waals surface area contributed by atoms with Gasteiger partial charge in [-0.25, -0.2) is 13.2 Å². The molecular weight excluding hydrogens is 376 g/mol. The minimum Gasteiger partial charge on any atom is -0.452 e. The van der Waals surface area contributed by atoms with Crippen molar-refractivity contribution in [1.82, 2.24) is 9.88 Å². The number of halogens is 1. The van der Waals surface area contributed by atoms with Crippen LogP contribution in [0.25, 0.3) is 0 Å². The molecule has 1 saturated heterocycles. The first-order valence-electron chi connectivity index (χ1n) is 6.52. The Kier molecular flexibility index (Phi) is 5.17. The number of esters is 1. The van der Waals surface area contributed by atoms with Crippen LogP contribution in [0.2, 0.25) is 0 Å². The Hall–Kier alpha value is -1.48. The maximum Gasteiger partial charge on any atom is 0.340 e. The molecule has 0 radical (unpaired) electrons. The Labute approximate surface area is 136 Å². The van der Waals surface area contributed by atoms with Crippen molar-refractivity contribution < 1.29 is 22.7 Å². The lowest BCUT2D eigenvalue weighted by Gasteiger charge is -2.23. The molecule has 0 aromatic carbocycles. The molecule has 9 heteroatoms. The van der Waals surface area contributed by atoms with Crippen LogP contribution < -0.4 is 0 Å². The van der Waals surface area contributed by atoms with E-state index in [0.717, 1.165) is 0 Å². The molecule has 1 aromatic rings. The SMILES string of the molecule is CN(C(=O)COC(=O)c1cncc(Br)c1)[C@@H]1CCS(=O)(=O)C1. The molecule has 2 heterocycles. The third-order valence-electron chi connectivity index (χ3n) is 3.42. The van der Waals surface area contributed by atoms with Crippen LogP contribution in [-0.2, 0) is 19.4 Å². The molecule has 0 unspecified atom stereocenters. The summed E-state index contributed by atoms with van der Waals surface area (Å²) in [5, 5.41) is 0. The van der Waals surface area contributed by atoms with Crippen LogP contribution in [0.5, 0.6) is 0 Å². The van der Waals surface area contributed by atoms with Gasteiger partial charge >= 0.3 is 5.97 Å². The van der Waals surface area contributed by atoms with E-state index in [1.807, 2.05) is 0 Å². The van der Waals surface area contributed by atoms with Crippen molar-refractivity contribution in [3.05, 3.63) is 28.5 Å². The number of amides is 1. The van der Waals surface area contributed by atoms with Crippen molar-refractivity contribution in [2.75, 3.05) is 25.2 Å². The molecule has 0 saturated carbocycles. The van der Waals surface area contributed by atoms with E-state index in [2.05, 4.69) is 20.9 Å². The van der Waals surface area contributed by atoms with E-state index < -0.39 is 28.3 Å². The van der Waals surface area contributed by atoms with Gasteiger partial charge < -0.3 is 9.64 Å². The Morgan fingerprint density at radius 1 is 1.45 bits per heavy atom. The first-order valence-corrected chi connectivity index (χ1v) is 9.14. The van der Waals surface area contributed by atoms with Gasteiger partial charge in [-0.3, -0.25) is 9.78 Å². The van der Waals surface area contributed by atoms with Gasteiger partial charge in [0.2, 0.25) is 0 Å². The van der Waals surface area contributed by atoms with Gasteiger partial charge in [0.05, 0.1) is 17.1 Å². The van der Waals surface area contributed by atoms with Gasteiger partial charge in [-0.1, -0.05) is 0 Å². The lowest BCUT2D eigenvalue weighted by atomic mass is 10.2. The minimum atomic E-state index is -3.07. The standard InChI is InChI=1S/C13H15BrN2O5S/c1-16(11-2-3-22(19,20)8-11)12(17)7-21-13(18)9-4-10(14)6-15-5-9/h4-6,11H,2-3,7-8H2,1H3/t11-/m1/s1. The highest BCUT2D eigenvalue weighted by Crippen LogP contribution is 2.17. The van der Waals surface area contributed by atoms with Crippen molar-refractivity contribution in [1.29, 1.82) is 0 Å². The molecule has 1 aliphatic heterocycles. The number of carbonyl (C=O) groups excluding carboxylic acids is 2. The van der Waals surface area contributed by atoms with E-state index in [1.165, 1.54) is 30.4 Å². The number of nitrogens with zero attached hydrogens (tertiary/aromatic N) is 2. The topological polar surface area (TPSA) is 93.6 Å². The van der Waals surface area contributed by atoms with Crippen LogP contribution in [0.3, 0.4) is 0 Å². The van der Waals surface area contributed by atoms with Crippen molar-refractivity contribution in [3.8, 4) is 0 Å². The molecule has 1 aromatic heterocycles. The summed E-state index contributed by atoms with van der Waals surface area (Å²) < 4.78 is 28.4. The highest BCUT2D eigenvalue weighted by Gasteiger charge is 2.32. The highest BCUT2D eigenvalue weighted by molar-refractivity contribution is 9.10. The van der Waals surface area contributed by atoms with Gasteiger partial charge in [-0.15, -0.1) is 0 Å². The average molecular weight is 391 g/mol. The molecular formula is C13H15BrN2O5S. The highest BCUT2D eigenvalue weighted by atomic mass is 79.9. The summed E-state index contributed by atoms with van der Waals surface area (Å²) in [6.45, 7) is -0.432. The van der Waals surface area contributed by atoms with Crippen LogP contribution in [-0.4, -0.2) is 61.4 Å². The van der Waals surface area contributed by atoms with E-state index in [-0.39, 0.29) is 23.1 Å². The number of carbonyl (C=O) groups is 2. The molecule has 0 spiro atoms. The van der Waals surface area contributed by atoms with E-state index in [1.54, 1.807) is 0 Å². The molecule has 7 nitrogen and oxygen atoms in total. The molecule has 2 rings (SSSR count). The number of hydrogen-bond acceptors (Lipinski definition) is 6. The quantitative estimate of drug-likeness (QED) is 0.700. The van der Waals surface area contributed by atoms with Gasteiger partial charge in [-0.2, -0.15) is 0 Å². The second-order valence-electron chi connectivity index (χ2n) is 5.03. The normalized spacial score (nSPS) is 19.6. The number of hydrogen-bond donors (Lipinski definition) is 0. The predicted molar refractivity (Wildman–Crippen MR) is 82.0 cm³/mol. The number of ether oxygens (including phenoxy) is 1.